The summed E-state index contributed by atoms with van der Waals surface area (Å²) >= 11 is 0. The number of halogens is 3. The lowest BCUT2D eigenvalue weighted by molar-refractivity contribution is -0.137. The van der Waals surface area contributed by atoms with Crippen molar-refractivity contribution in [1.29, 1.82) is 10.5 Å². The van der Waals surface area contributed by atoms with Crippen LogP contribution in [-0.4, -0.2) is 14.5 Å². The van der Waals surface area contributed by atoms with Gasteiger partial charge >= 0.3 is 6.18 Å². The minimum Gasteiger partial charge on any atom is -0.308 e. The first-order valence-electron chi connectivity index (χ1n) is 23.4. The van der Waals surface area contributed by atoms with Gasteiger partial charge in [0.25, 0.3) is 0 Å². The Morgan fingerprint density at radius 2 is 0.905 bits per heavy atom. The van der Waals surface area contributed by atoms with E-state index in [1.807, 2.05) is 146 Å². The summed E-state index contributed by atoms with van der Waals surface area (Å²) < 4.78 is 45.1. The highest BCUT2D eigenvalue weighted by Gasteiger charge is 2.31. The molecule has 2 heterocycles. The van der Waals surface area contributed by atoms with Gasteiger partial charge in [0.05, 0.1) is 59.0 Å². The Morgan fingerprint density at radius 3 is 1.34 bits per heavy atom. The molecule has 0 fully saturated rings. The molecule has 0 radical (unpaired) electrons. The fourth-order valence-corrected chi connectivity index (χ4v) is 9.54. The Hall–Kier alpha value is -10.4. The van der Waals surface area contributed by atoms with Crippen molar-refractivity contribution in [2.45, 2.75) is 13.1 Å². The smallest absolute Gasteiger partial charge is 0.308 e. The molecule has 9 aromatic carbocycles. The molecule has 74 heavy (non-hydrogen) atoms. The summed E-state index contributed by atoms with van der Waals surface area (Å²) in [6.45, 7) is 17.6. The van der Waals surface area contributed by atoms with Crippen LogP contribution in [0.3, 0.4) is 0 Å². The Balaban J connectivity index is 1.26. The Kier molecular flexibility index (Phi) is 11.7. The summed E-state index contributed by atoms with van der Waals surface area (Å²) in [5.41, 5.74) is 13.0. The predicted molar refractivity (Wildman–Crippen MR) is 286 cm³/mol. The van der Waals surface area contributed by atoms with Gasteiger partial charge in [-0.1, -0.05) is 115 Å². The van der Waals surface area contributed by atoms with Gasteiger partial charge in [-0.15, -0.1) is 0 Å². The van der Waals surface area contributed by atoms with Gasteiger partial charge in [0.1, 0.15) is 0 Å². The van der Waals surface area contributed by atoms with Gasteiger partial charge in [0.15, 0.2) is 17.2 Å². The van der Waals surface area contributed by atoms with Gasteiger partial charge in [-0.3, -0.25) is 0 Å². The molecule has 0 saturated carbocycles. The van der Waals surface area contributed by atoms with Crippen LogP contribution in [0.4, 0.5) is 24.5 Å². The number of alkyl halides is 3. The average Bonchev–Trinajstić information content (AvgIpc) is 3.77. The van der Waals surface area contributed by atoms with Crippen LogP contribution in [0.15, 0.2) is 200 Å². The molecule has 348 valence electrons. The summed E-state index contributed by atoms with van der Waals surface area (Å²) in [4.78, 5) is 17.7. The lowest BCUT2D eigenvalue weighted by atomic mass is 9.91. The number of rotatable bonds is 8. The molecule has 2 aromatic heterocycles. The van der Waals surface area contributed by atoms with Crippen molar-refractivity contribution in [3.05, 3.63) is 245 Å². The normalized spacial score (nSPS) is 11.2. The van der Waals surface area contributed by atoms with Gasteiger partial charge in [-0.2, -0.15) is 23.7 Å². The quantitative estimate of drug-likeness (QED) is 0.142. The van der Waals surface area contributed by atoms with Crippen LogP contribution in [0.5, 0.6) is 0 Å². The molecule has 11 rings (SSSR count). The molecular formula is C64H36F3N7. The van der Waals surface area contributed by atoms with Crippen molar-refractivity contribution >= 4 is 33.2 Å². The van der Waals surface area contributed by atoms with Gasteiger partial charge in [0, 0.05) is 49.7 Å². The highest BCUT2D eigenvalue weighted by molar-refractivity contribution is 6.13. The topological polar surface area (TPSA) is 87.0 Å². The maximum absolute atomic E-state index is 14.3. The first-order chi connectivity index (χ1) is 36.0. The van der Waals surface area contributed by atoms with E-state index >= 15 is 0 Å². The van der Waals surface area contributed by atoms with Crippen LogP contribution in [0, 0.1) is 42.7 Å². The van der Waals surface area contributed by atoms with E-state index in [1.165, 1.54) is 12.1 Å². The number of benzene rings is 9. The minimum atomic E-state index is -4.58. The van der Waals surface area contributed by atoms with Crippen molar-refractivity contribution in [2.24, 2.45) is 0 Å². The van der Waals surface area contributed by atoms with E-state index in [0.29, 0.717) is 73.2 Å². The zero-order valence-electron chi connectivity index (χ0n) is 39.3. The first-order valence-corrected chi connectivity index (χ1v) is 23.4. The number of nitrogens with zero attached hydrogens (tertiary/aromatic N) is 7. The van der Waals surface area contributed by atoms with Crippen molar-refractivity contribution < 1.29 is 13.2 Å². The first kappa shape index (κ1) is 46.0. The molecule has 7 nitrogen and oxygen atoms in total. The lowest BCUT2D eigenvalue weighted by Crippen LogP contribution is -2.05. The summed E-state index contributed by atoms with van der Waals surface area (Å²) in [5, 5.41) is 21.5. The third kappa shape index (κ3) is 8.67. The second-order valence-corrected chi connectivity index (χ2v) is 17.8. The maximum atomic E-state index is 14.3. The summed E-state index contributed by atoms with van der Waals surface area (Å²) in [7, 11) is 0. The van der Waals surface area contributed by atoms with Gasteiger partial charge < -0.3 is 4.57 Å². The summed E-state index contributed by atoms with van der Waals surface area (Å²) in [6.07, 6.45) is -4.58. The summed E-state index contributed by atoms with van der Waals surface area (Å²) in [5.74, 6) is 0.409. The molecule has 0 aliphatic heterocycles. The maximum Gasteiger partial charge on any atom is 0.416 e. The monoisotopic (exact) mass is 959 g/mol. The van der Waals surface area contributed by atoms with Crippen molar-refractivity contribution in [1.82, 2.24) is 14.5 Å². The van der Waals surface area contributed by atoms with Crippen LogP contribution in [-0.2, 0) is 6.18 Å². The Labute approximate surface area is 424 Å². The third-order valence-electron chi connectivity index (χ3n) is 13.1. The molecule has 0 atom stereocenters. The second-order valence-electron chi connectivity index (χ2n) is 17.8. The number of fused-ring (bicyclic) bond motifs is 3. The predicted octanol–water partition coefficient (Wildman–Crippen LogP) is 17.4. The largest absolute Gasteiger partial charge is 0.416 e. The molecule has 0 spiro atoms. The summed E-state index contributed by atoms with van der Waals surface area (Å²) in [6, 6.07) is 65.2. The number of hydrogen-bond donors (Lipinski definition) is 0. The lowest BCUT2D eigenvalue weighted by Gasteiger charge is -2.21. The van der Waals surface area contributed by atoms with Gasteiger partial charge in [-0.05, 0) is 131 Å². The van der Waals surface area contributed by atoms with Crippen LogP contribution >= 0.6 is 0 Å². The molecule has 0 aliphatic carbocycles. The minimum absolute atomic E-state index is 0.315. The van der Waals surface area contributed by atoms with Crippen LogP contribution < -0.4 is 0 Å². The van der Waals surface area contributed by atoms with E-state index < -0.39 is 11.7 Å². The number of aromatic nitrogens is 3. The van der Waals surface area contributed by atoms with Crippen molar-refractivity contribution in [3.8, 4) is 96.2 Å². The highest BCUT2D eigenvalue weighted by Crippen LogP contribution is 2.46. The van der Waals surface area contributed by atoms with E-state index in [1.54, 1.807) is 36.4 Å². The van der Waals surface area contributed by atoms with Crippen molar-refractivity contribution in [2.75, 3.05) is 0 Å². The van der Waals surface area contributed by atoms with Crippen LogP contribution in [0.25, 0.3) is 116 Å². The molecule has 0 amide bonds. The highest BCUT2D eigenvalue weighted by atomic mass is 19.4. The third-order valence-corrected chi connectivity index (χ3v) is 13.1. The van der Waals surface area contributed by atoms with E-state index in [9.17, 15) is 23.7 Å². The number of nitriles is 2. The van der Waals surface area contributed by atoms with Gasteiger partial charge in [-0.25, -0.2) is 19.7 Å². The van der Waals surface area contributed by atoms with Crippen molar-refractivity contribution in [3.63, 3.8) is 0 Å². The van der Waals surface area contributed by atoms with Gasteiger partial charge in [0.2, 0.25) is 0 Å². The molecule has 0 saturated heterocycles. The van der Waals surface area contributed by atoms with E-state index in [-0.39, 0.29) is 0 Å². The number of aryl methyl sites for hydroxylation is 1. The Bertz CT molecular complexity index is 3950. The zero-order valence-corrected chi connectivity index (χ0v) is 39.3. The molecule has 0 bridgehead atoms. The molecule has 0 N–H and O–H groups in total. The van der Waals surface area contributed by atoms with Crippen LogP contribution in [0.1, 0.15) is 22.3 Å². The number of hydrogen-bond acceptors (Lipinski definition) is 4. The molecule has 10 heteroatoms. The molecule has 0 unspecified atom stereocenters. The zero-order chi connectivity index (χ0) is 51.1. The fourth-order valence-electron chi connectivity index (χ4n) is 9.54. The standard InChI is InChI=1S/C64H36F3N7/c1-39-14-16-42(17-15-39)54-34-50(63-72-58(44-10-6-4-7-11-44)36-59(73-63)45-12-8-5-9-13-45)35-55(43-18-22-51(23-19-43)64(65,66)67)62(54)74-60-24-20-46(48-26-40(37-68)28-52(30-48)70-2)32-56(60)57-33-47(21-25-61(57)74)49-27-41(38-69)29-53(31-49)71-3/h4-36H,1H3. The average molecular weight is 960 g/mol. The van der Waals surface area contributed by atoms with Crippen LogP contribution in [0.2, 0.25) is 0 Å². The van der Waals surface area contributed by atoms with E-state index in [4.69, 9.17) is 23.1 Å². The molecule has 11 aromatic rings. The molecule has 0 aliphatic rings. The Morgan fingerprint density at radius 1 is 0.459 bits per heavy atom. The fraction of sp³-hybridized carbons (Fsp3) is 0.0312. The second kappa shape index (κ2) is 18.7. The SMILES string of the molecule is [C-]#[N+]c1cc(C#N)cc(-c2ccc3c(c2)c2cc(-c4cc(C#N)cc([N+]#[C-])c4)ccc2n3-c2c(-c3ccc(C)cc3)cc(-c3nc(-c4ccccc4)cc(-c4ccccc4)n3)cc2-c2ccc(C(F)(F)F)cc2)c1. The van der Waals surface area contributed by atoms with E-state index in [0.717, 1.165) is 72.9 Å². The van der Waals surface area contributed by atoms with E-state index in [2.05, 4.69) is 26.4 Å². The molecular weight excluding hydrogens is 924 g/mol.